The maximum atomic E-state index is 13.0. The van der Waals surface area contributed by atoms with Crippen LogP contribution in [0, 0.1) is 0 Å². The topological polar surface area (TPSA) is 103 Å². The maximum Gasteiger partial charge on any atom is 0.329 e. The molecule has 1 unspecified atom stereocenters. The van der Waals surface area contributed by atoms with E-state index in [1.807, 2.05) is 11.8 Å². The average Bonchev–Trinajstić information content (AvgIpc) is 3.21. The normalized spacial score (nSPS) is 19.4. The van der Waals surface area contributed by atoms with Crippen LogP contribution in [0.4, 0.5) is 0 Å². The molecule has 2 aliphatic heterocycles. The third kappa shape index (κ3) is 4.69. The number of carbonyl (C=O) groups excluding carboxylic acids is 1. The van der Waals surface area contributed by atoms with E-state index >= 15 is 0 Å². The minimum atomic E-state index is -0.505. The van der Waals surface area contributed by atoms with Crippen LogP contribution in [0.15, 0.2) is 21.9 Å². The number of rotatable bonds is 4. The number of aromatic nitrogens is 3. The Hall–Kier alpha value is -1.94. The Balaban J connectivity index is 0.00000160. The summed E-state index contributed by atoms with van der Waals surface area (Å²) < 4.78 is 1.45. The molecule has 4 heterocycles. The van der Waals surface area contributed by atoms with Crippen molar-refractivity contribution < 1.29 is 4.79 Å². The van der Waals surface area contributed by atoms with Crippen LogP contribution >= 0.6 is 24.8 Å². The first-order valence-electron chi connectivity index (χ1n) is 9.95. The maximum absolute atomic E-state index is 13.0. The van der Waals surface area contributed by atoms with Gasteiger partial charge in [-0.3, -0.25) is 24.0 Å². The van der Waals surface area contributed by atoms with Gasteiger partial charge in [-0.05, 0) is 18.9 Å². The number of hydrogen-bond donors (Lipinski definition) is 2. The number of amides is 1. The molecule has 0 saturated carbocycles. The molecule has 2 saturated heterocycles. The van der Waals surface area contributed by atoms with E-state index in [2.05, 4.69) is 20.2 Å². The number of piperazine rings is 1. The molecular formula is C19H28Cl2N6O3. The summed E-state index contributed by atoms with van der Waals surface area (Å²) >= 11 is 0. The molecule has 0 aliphatic carbocycles. The third-order valence-electron chi connectivity index (χ3n) is 5.65. The van der Waals surface area contributed by atoms with E-state index < -0.39 is 11.2 Å². The fraction of sp³-hybridized carbons (Fsp3) is 0.579. The Morgan fingerprint density at radius 3 is 2.63 bits per heavy atom. The molecule has 166 valence electrons. The first-order chi connectivity index (χ1) is 13.6. The highest BCUT2D eigenvalue weighted by Gasteiger charge is 2.31. The molecule has 2 N–H and O–H groups in total. The van der Waals surface area contributed by atoms with Crippen molar-refractivity contribution >= 4 is 41.8 Å². The number of H-pyrrole nitrogens is 1. The molecule has 4 rings (SSSR count). The highest BCUT2D eigenvalue weighted by atomic mass is 35.5. The van der Waals surface area contributed by atoms with Gasteiger partial charge in [0.1, 0.15) is 5.65 Å². The fourth-order valence-corrected chi connectivity index (χ4v) is 4.17. The molecule has 0 radical (unpaired) electrons. The van der Waals surface area contributed by atoms with Gasteiger partial charge in [0.15, 0.2) is 0 Å². The Morgan fingerprint density at radius 1 is 1.20 bits per heavy atom. The molecule has 2 fully saturated rings. The largest absolute Gasteiger partial charge is 0.337 e. The van der Waals surface area contributed by atoms with Gasteiger partial charge in [-0.2, -0.15) is 0 Å². The summed E-state index contributed by atoms with van der Waals surface area (Å²) in [5.41, 5.74) is -0.258. The summed E-state index contributed by atoms with van der Waals surface area (Å²) in [6, 6.07) is 1.95. The number of hydrogen-bond acceptors (Lipinski definition) is 6. The first-order valence-corrected chi connectivity index (χ1v) is 9.95. The Bertz CT molecular complexity index is 1000. The summed E-state index contributed by atoms with van der Waals surface area (Å²) in [5, 5.41) is 3.63. The van der Waals surface area contributed by atoms with Gasteiger partial charge < -0.3 is 10.2 Å². The second-order valence-corrected chi connectivity index (χ2v) is 7.49. The van der Waals surface area contributed by atoms with Gasteiger partial charge in [0.25, 0.3) is 11.5 Å². The van der Waals surface area contributed by atoms with Crippen LogP contribution in [0.2, 0.25) is 0 Å². The lowest BCUT2D eigenvalue weighted by Crippen LogP contribution is -2.49. The van der Waals surface area contributed by atoms with Crippen molar-refractivity contribution in [2.24, 2.45) is 0 Å². The smallest absolute Gasteiger partial charge is 0.329 e. The zero-order valence-electron chi connectivity index (χ0n) is 16.9. The van der Waals surface area contributed by atoms with Crippen molar-refractivity contribution in [1.82, 2.24) is 29.7 Å². The van der Waals surface area contributed by atoms with Gasteiger partial charge in [0.2, 0.25) is 0 Å². The summed E-state index contributed by atoms with van der Waals surface area (Å²) in [6.07, 6.45) is 3.18. The van der Waals surface area contributed by atoms with Crippen LogP contribution in [0.3, 0.4) is 0 Å². The zero-order valence-corrected chi connectivity index (χ0v) is 18.6. The van der Waals surface area contributed by atoms with Gasteiger partial charge in [-0.25, -0.2) is 9.78 Å². The van der Waals surface area contributed by atoms with E-state index in [9.17, 15) is 14.4 Å². The van der Waals surface area contributed by atoms with Gasteiger partial charge in [-0.1, -0.05) is 6.92 Å². The number of nitrogens with one attached hydrogen (secondary N) is 2. The number of aromatic amines is 1. The van der Waals surface area contributed by atoms with E-state index in [0.717, 1.165) is 39.0 Å². The lowest BCUT2D eigenvalue weighted by atomic mass is 10.2. The van der Waals surface area contributed by atoms with Crippen LogP contribution < -0.4 is 16.6 Å². The predicted octanol–water partition coefficient (Wildman–Crippen LogP) is 0.458. The number of halogens is 2. The molecule has 1 atom stereocenters. The quantitative estimate of drug-likeness (QED) is 0.689. The average molecular weight is 459 g/mol. The highest BCUT2D eigenvalue weighted by Crippen LogP contribution is 2.19. The summed E-state index contributed by atoms with van der Waals surface area (Å²) in [6.45, 7) is 7.81. The van der Waals surface area contributed by atoms with Crippen LogP contribution in [0.1, 0.15) is 30.1 Å². The Kier molecular flexibility index (Phi) is 8.42. The number of fused-ring (bicyclic) bond motifs is 1. The van der Waals surface area contributed by atoms with Gasteiger partial charge >= 0.3 is 5.69 Å². The predicted molar refractivity (Wildman–Crippen MR) is 120 cm³/mol. The van der Waals surface area contributed by atoms with Gasteiger partial charge in [0.05, 0.1) is 10.9 Å². The van der Waals surface area contributed by atoms with Crippen molar-refractivity contribution in [3.63, 3.8) is 0 Å². The minimum Gasteiger partial charge on any atom is -0.337 e. The minimum absolute atomic E-state index is 0. The van der Waals surface area contributed by atoms with E-state index in [1.54, 1.807) is 6.07 Å². The highest BCUT2D eigenvalue weighted by molar-refractivity contribution is 5.96. The Morgan fingerprint density at radius 2 is 1.93 bits per heavy atom. The molecule has 30 heavy (non-hydrogen) atoms. The zero-order chi connectivity index (χ0) is 19.7. The first kappa shape index (κ1) is 24.3. The number of nitrogens with zero attached hydrogens (tertiary/aromatic N) is 4. The molecular weight excluding hydrogens is 431 g/mol. The van der Waals surface area contributed by atoms with Crippen LogP contribution in [-0.2, 0) is 6.54 Å². The second kappa shape index (κ2) is 10.4. The molecule has 9 nitrogen and oxygen atoms in total. The summed E-state index contributed by atoms with van der Waals surface area (Å²) in [5.74, 6) is -0.111. The van der Waals surface area contributed by atoms with Gasteiger partial charge in [-0.15, -0.1) is 24.8 Å². The molecule has 0 aromatic carbocycles. The molecule has 2 aliphatic rings. The van der Waals surface area contributed by atoms with Gasteiger partial charge in [0, 0.05) is 58.1 Å². The lowest BCUT2D eigenvalue weighted by molar-refractivity contribution is 0.0773. The molecule has 2 aromatic rings. The molecule has 2 aromatic heterocycles. The van der Waals surface area contributed by atoms with Crippen molar-refractivity contribution in [3.8, 4) is 0 Å². The number of likely N-dealkylation sites (tertiary alicyclic amines) is 1. The molecule has 11 heteroatoms. The van der Waals surface area contributed by atoms with Crippen LogP contribution in [0.25, 0.3) is 11.0 Å². The van der Waals surface area contributed by atoms with Crippen molar-refractivity contribution in [1.29, 1.82) is 0 Å². The second-order valence-electron chi connectivity index (χ2n) is 7.49. The SMILES string of the molecule is CCCn1c(=O)[nH]c(=O)c2cc(C(=O)N3CCC(N4CCNCC4)C3)cnc21.Cl.Cl. The third-order valence-corrected chi connectivity index (χ3v) is 5.65. The number of carbonyl (C=O) groups is 1. The van der Waals surface area contributed by atoms with Crippen molar-refractivity contribution in [2.75, 3.05) is 39.3 Å². The lowest BCUT2D eigenvalue weighted by Gasteiger charge is -2.32. The van der Waals surface area contributed by atoms with E-state index in [0.29, 0.717) is 36.9 Å². The van der Waals surface area contributed by atoms with Crippen molar-refractivity contribution in [2.45, 2.75) is 32.4 Å². The molecule has 0 spiro atoms. The van der Waals surface area contributed by atoms with Crippen molar-refractivity contribution in [3.05, 3.63) is 38.7 Å². The molecule has 1 amide bonds. The number of aryl methyl sites for hydroxylation is 1. The summed E-state index contributed by atoms with van der Waals surface area (Å²) in [7, 11) is 0. The van der Waals surface area contributed by atoms with Crippen LogP contribution in [-0.4, -0.2) is 75.6 Å². The molecule has 0 bridgehead atoms. The van der Waals surface area contributed by atoms with E-state index in [-0.39, 0.29) is 36.1 Å². The Labute approximate surface area is 186 Å². The monoisotopic (exact) mass is 458 g/mol. The van der Waals surface area contributed by atoms with E-state index in [1.165, 1.54) is 10.8 Å². The summed E-state index contributed by atoms with van der Waals surface area (Å²) in [4.78, 5) is 48.2. The van der Waals surface area contributed by atoms with Crippen LogP contribution in [0.5, 0.6) is 0 Å². The standard InChI is InChI=1S/C19H26N6O3.2ClH/c1-2-6-25-16-15(17(26)22-19(25)28)10-13(11-21-16)18(27)24-7-3-14(12-24)23-8-4-20-5-9-23;;/h10-11,14,20H,2-9,12H2,1H3,(H,22,26,28);2*1H. The fourth-order valence-electron chi connectivity index (χ4n) is 4.17. The number of pyridine rings is 1. The van der Waals surface area contributed by atoms with E-state index in [4.69, 9.17) is 0 Å².